The average molecular weight is 260 g/mol. The number of hydrogen-bond acceptors (Lipinski definition) is 3. The molecule has 1 aromatic rings. The molecule has 0 N–H and O–H groups in total. The predicted molar refractivity (Wildman–Crippen MR) is 64.8 cm³/mol. The first-order valence-corrected chi connectivity index (χ1v) is 5.56. The van der Waals surface area contributed by atoms with Gasteiger partial charge in [0.25, 0.3) is 5.92 Å². The van der Waals surface area contributed by atoms with Crippen LogP contribution in [-0.2, 0) is 5.92 Å². The van der Waals surface area contributed by atoms with E-state index >= 15 is 0 Å². The van der Waals surface area contributed by atoms with Gasteiger partial charge in [-0.3, -0.25) is 0 Å². The van der Waals surface area contributed by atoms with Crippen molar-refractivity contribution in [2.75, 3.05) is 21.3 Å². The zero-order chi connectivity index (χ0) is 13.9. The summed E-state index contributed by atoms with van der Waals surface area (Å²) in [5, 5.41) is 0. The molecular formula is C13H18F2O3. The number of methoxy groups -OCH3 is 3. The molecule has 0 aromatic heterocycles. The van der Waals surface area contributed by atoms with E-state index in [1.54, 1.807) is 0 Å². The Labute approximate surface area is 106 Å². The van der Waals surface area contributed by atoms with Gasteiger partial charge in [-0.2, -0.15) is 0 Å². The Morgan fingerprint density at radius 1 is 0.944 bits per heavy atom. The largest absolute Gasteiger partial charge is 0.496 e. The molecule has 0 aliphatic heterocycles. The molecule has 0 saturated carbocycles. The van der Waals surface area contributed by atoms with Crippen LogP contribution in [0, 0.1) is 5.92 Å². The first-order chi connectivity index (χ1) is 8.38. The molecule has 0 aliphatic carbocycles. The van der Waals surface area contributed by atoms with Crippen molar-refractivity contribution in [1.82, 2.24) is 0 Å². The second-order valence-electron chi connectivity index (χ2n) is 4.18. The summed E-state index contributed by atoms with van der Waals surface area (Å²) in [6.45, 7) is 2.90. The van der Waals surface area contributed by atoms with Crippen molar-refractivity contribution in [1.29, 1.82) is 0 Å². The van der Waals surface area contributed by atoms with Crippen molar-refractivity contribution in [3.8, 4) is 17.2 Å². The highest BCUT2D eigenvalue weighted by Gasteiger charge is 2.41. The van der Waals surface area contributed by atoms with E-state index in [2.05, 4.69) is 0 Å². The summed E-state index contributed by atoms with van der Waals surface area (Å²) in [5.41, 5.74) is -0.247. The molecule has 102 valence electrons. The van der Waals surface area contributed by atoms with E-state index in [1.807, 2.05) is 0 Å². The zero-order valence-electron chi connectivity index (χ0n) is 11.2. The smallest absolute Gasteiger partial charge is 0.282 e. The van der Waals surface area contributed by atoms with Gasteiger partial charge in [-0.05, 0) is 0 Å². The lowest BCUT2D eigenvalue weighted by molar-refractivity contribution is -0.0548. The van der Waals surface area contributed by atoms with Crippen LogP contribution >= 0.6 is 0 Å². The van der Waals surface area contributed by atoms with Crippen LogP contribution in [0.15, 0.2) is 12.1 Å². The SMILES string of the molecule is COc1cc(OC)c(C(F)(F)C(C)C)c(OC)c1. The van der Waals surface area contributed by atoms with E-state index in [-0.39, 0.29) is 17.1 Å². The van der Waals surface area contributed by atoms with Crippen LogP contribution in [0.1, 0.15) is 19.4 Å². The molecule has 0 radical (unpaired) electrons. The molecular weight excluding hydrogens is 242 g/mol. The highest BCUT2D eigenvalue weighted by atomic mass is 19.3. The molecule has 0 amide bonds. The van der Waals surface area contributed by atoms with Crippen molar-refractivity contribution in [2.45, 2.75) is 19.8 Å². The molecule has 0 spiro atoms. The maximum absolute atomic E-state index is 14.2. The summed E-state index contributed by atoms with van der Waals surface area (Å²) in [4.78, 5) is 0. The van der Waals surface area contributed by atoms with Crippen LogP contribution in [0.2, 0.25) is 0 Å². The van der Waals surface area contributed by atoms with Gasteiger partial charge in [0.15, 0.2) is 0 Å². The fraction of sp³-hybridized carbons (Fsp3) is 0.538. The second-order valence-corrected chi connectivity index (χ2v) is 4.18. The van der Waals surface area contributed by atoms with Gasteiger partial charge in [-0.25, -0.2) is 8.78 Å². The fourth-order valence-corrected chi connectivity index (χ4v) is 1.62. The number of rotatable bonds is 5. The van der Waals surface area contributed by atoms with Gasteiger partial charge in [0.2, 0.25) is 0 Å². The van der Waals surface area contributed by atoms with Crippen LogP contribution in [0.4, 0.5) is 8.78 Å². The van der Waals surface area contributed by atoms with Crippen LogP contribution in [0.25, 0.3) is 0 Å². The molecule has 0 aliphatic rings. The van der Waals surface area contributed by atoms with Gasteiger partial charge in [-0.1, -0.05) is 13.8 Å². The molecule has 1 aromatic carbocycles. The first kappa shape index (κ1) is 14.5. The molecule has 0 atom stereocenters. The molecule has 0 unspecified atom stereocenters. The number of ether oxygens (including phenoxy) is 3. The maximum atomic E-state index is 14.2. The molecule has 0 heterocycles. The van der Waals surface area contributed by atoms with Crippen LogP contribution in [-0.4, -0.2) is 21.3 Å². The van der Waals surface area contributed by atoms with E-state index in [0.717, 1.165) is 0 Å². The summed E-state index contributed by atoms with van der Waals surface area (Å²) in [5.74, 6) is -3.38. The van der Waals surface area contributed by atoms with Crippen molar-refractivity contribution in [3.05, 3.63) is 17.7 Å². The number of benzene rings is 1. The summed E-state index contributed by atoms with van der Waals surface area (Å²) >= 11 is 0. The molecule has 0 saturated heterocycles. The Hall–Kier alpha value is -1.52. The van der Waals surface area contributed by atoms with E-state index in [0.29, 0.717) is 5.75 Å². The Morgan fingerprint density at radius 3 is 1.67 bits per heavy atom. The molecule has 0 fully saturated rings. The summed E-state index contributed by atoms with van der Waals surface area (Å²) in [6.07, 6.45) is 0. The Bertz CT molecular complexity index is 392. The average Bonchev–Trinajstić information content (AvgIpc) is 2.36. The van der Waals surface area contributed by atoms with E-state index in [1.165, 1.54) is 47.3 Å². The third-order valence-electron chi connectivity index (χ3n) is 2.77. The monoisotopic (exact) mass is 260 g/mol. The van der Waals surface area contributed by atoms with Gasteiger partial charge in [0.05, 0.1) is 21.3 Å². The lowest BCUT2D eigenvalue weighted by Crippen LogP contribution is -2.22. The first-order valence-electron chi connectivity index (χ1n) is 5.56. The van der Waals surface area contributed by atoms with E-state index < -0.39 is 11.8 Å². The van der Waals surface area contributed by atoms with Gasteiger partial charge in [-0.15, -0.1) is 0 Å². The third-order valence-corrected chi connectivity index (χ3v) is 2.77. The van der Waals surface area contributed by atoms with E-state index in [4.69, 9.17) is 14.2 Å². The van der Waals surface area contributed by atoms with Crippen molar-refractivity contribution in [3.63, 3.8) is 0 Å². The Morgan fingerprint density at radius 2 is 1.39 bits per heavy atom. The number of halogens is 2. The second kappa shape index (κ2) is 5.42. The quantitative estimate of drug-likeness (QED) is 0.811. The fourth-order valence-electron chi connectivity index (χ4n) is 1.62. The van der Waals surface area contributed by atoms with Crippen molar-refractivity contribution in [2.24, 2.45) is 5.92 Å². The minimum atomic E-state index is -3.04. The summed E-state index contributed by atoms with van der Waals surface area (Å²) in [6, 6.07) is 2.85. The molecule has 18 heavy (non-hydrogen) atoms. The molecule has 3 nitrogen and oxygen atoms in total. The standard InChI is InChI=1S/C13H18F2O3/c1-8(2)13(14,15)12-10(17-4)6-9(16-3)7-11(12)18-5/h6-8H,1-5H3. The Kier molecular flexibility index (Phi) is 4.38. The zero-order valence-corrected chi connectivity index (χ0v) is 11.2. The minimum absolute atomic E-state index is 0.0601. The lowest BCUT2D eigenvalue weighted by atomic mass is 9.95. The van der Waals surface area contributed by atoms with Gasteiger partial charge in [0.1, 0.15) is 22.8 Å². The van der Waals surface area contributed by atoms with Gasteiger partial charge in [0, 0.05) is 18.1 Å². The Balaban J connectivity index is 3.49. The van der Waals surface area contributed by atoms with E-state index in [9.17, 15) is 8.78 Å². The number of alkyl halides is 2. The van der Waals surface area contributed by atoms with Crippen molar-refractivity contribution < 1.29 is 23.0 Å². The third kappa shape index (κ3) is 2.49. The normalized spacial score (nSPS) is 11.6. The topological polar surface area (TPSA) is 27.7 Å². The van der Waals surface area contributed by atoms with Crippen LogP contribution in [0.3, 0.4) is 0 Å². The summed E-state index contributed by atoms with van der Waals surface area (Å²) < 4.78 is 43.5. The highest BCUT2D eigenvalue weighted by Crippen LogP contribution is 2.47. The van der Waals surface area contributed by atoms with Crippen LogP contribution < -0.4 is 14.2 Å². The maximum Gasteiger partial charge on any atom is 0.282 e. The summed E-state index contributed by atoms with van der Waals surface area (Å²) in [7, 11) is 4.14. The lowest BCUT2D eigenvalue weighted by Gasteiger charge is -2.25. The van der Waals surface area contributed by atoms with Crippen molar-refractivity contribution >= 4 is 0 Å². The molecule has 1 rings (SSSR count). The minimum Gasteiger partial charge on any atom is -0.496 e. The number of hydrogen-bond donors (Lipinski definition) is 0. The molecule has 5 heteroatoms. The predicted octanol–water partition coefficient (Wildman–Crippen LogP) is 3.46. The van der Waals surface area contributed by atoms with Crippen LogP contribution in [0.5, 0.6) is 17.2 Å². The van der Waals surface area contributed by atoms with Gasteiger partial charge >= 0.3 is 0 Å². The van der Waals surface area contributed by atoms with Gasteiger partial charge < -0.3 is 14.2 Å². The highest BCUT2D eigenvalue weighted by molar-refractivity contribution is 5.53. The molecule has 0 bridgehead atoms.